The van der Waals surface area contributed by atoms with Crippen molar-refractivity contribution >= 4 is 39.1 Å². The summed E-state index contributed by atoms with van der Waals surface area (Å²) in [6.07, 6.45) is 4.69. The molecule has 8 heteroatoms. The van der Waals surface area contributed by atoms with Crippen LogP contribution < -0.4 is 15.4 Å². The number of aryl methyl sites for hydroxylation is 2. The Hall–Kier alpha value is -2.97. The molecule has 0 fully saturated rings. The Labute approximate surface area is 197 Å². The molecular weight excluding hydrogens is 438 g/mol. The fraction of sp³-hybridized carbons (Fsp3) is 0.400. The van der Waals surface area contributed by atoms with Crippen molar-refractivity contribution in [2.75, 3.05) is 32.7 Å². The highest BCUT2D eigenvalue weighted by Crippen LogP contribution is 2.38. The summed E-state index contributed by atoms with van der Waals surface area (Å²) in [4.78, 5) is 32.1. The Kier molecular flexibility index (Phi) is 7.25. The number of benzene rings is 1. The molecule has 2 amide bonds. The number of carbonyl (C=O) groups excluding carboxylic acids is 2. The van der Waals surface area contributed by atoms with Gasteiger partial charge in [-0.1, -0.05) is 0 Å². The van der Waals surface area contributed by atoms with E-state index >= 15 is 0 Å². The van der Waals surface area contributed by atoms with Gasteiger partial charge in [0.1, 0.15) is 10.8 Å². The van der Waals surface area contributed by atoms with E-state index in [1.165, 1.54) is 16.2 Å². The van der Waals surface area contributed by atoms with Gasteiger partial charge in [-0.2, -0.15) is 0 Å². The molecule has 2 aromatic heterocycles. The molecule has 4 rings (SSSR count). The van der Waals surface area contributed by atoms with Gasteiger partial charge in [0.15, 0.2) is 0 Å². The van der Waals surface area contributed by atoms with Crippen LogP contribution in [0.5, 0.6) is 5.75 Å². The Morgan fingerprint density at radius 1 is 1.12 bits per heavy atom. The van der Waals surface area contributed by atoms with E-state index in [1.807, 2.05) is 31.2 Å². The summed E-state index contributed by atoms with van der Waals surface area (Å²) >= 11 is 1.51. The molecule has 174 valence electrons. The second kappa shape index (κ2) is 10.3. The van der Waals surface area contributed by atoms with E-state index in [4.69, 9.17) is 9.47 Å². The minimum absolute atomic E-state index is 0.140. The maximum absolute atomic E-state index is 13.3. The summed E-state index contributed by atoms with van der Waals surface area (Å²) in [5.41, 5.74) is 3.59. The molecule has 1 aliphatic rings. The normalized spacial score (nSPS) is 12.9. The zero-order valence-electron chi connectivity index (χ0n) is 19.2. The maximum Gasteiger partial charge on any atom is 0.258 e. The van der Waals surface area contributed by atoms with Gasteiger partial charge in [0.25, 0.3) is 11.8 Å². The number of fused-ring (bicyclic) bond motifs is 2. The lowest BCUT2D eigenvalue weighted by molar-refractivity contribution is 0.0948. The predicted octanol–water partition coefficient (Wildman–Crippen LogP) is 4.51. The highest BCUT2D eigenvalue weighted by Gasteiger charge is 2.27. The average Bonchev–Trinajstić information content (AvgIpc) is 3.18. The molecule has 7 nitrogen and oxygen atoms in total. The molecule has 3 aromatic rings. The van der Waals surface area contributed by atoms with Crippen molar-refractivity contribution in [3.8, 4) is 5.75 Å². The molecule has 2 heterocycles. The number of aromatic nitrogens is 1. The van der Waals surface area contributed by atoms with Crippen LogP contribution in [0.3, 0.4) is 0 Å². The first-order chi connectivity index (χ1) is 16.0. The summed E-state index contributed by atoms with van der Waals surface area (Å²) in [5, 5.41) is 7.44. The average molecular weight is 468 g/mol. The van der Waals surface area contributed by atoms with Crippen molar-refractivity contribution in [2.45, 2.75) is 39.0 Å². The van der Waals surface area contributed by atoms with Gasteiger partial charge in [0.2, 0.25) is 0 Å². The SMILES string of the molecule is COCCCNC(=O)c1c(NC(=O)c2cc3cc(OC)ccc3nc2C)sc2c1CCCC2. The maximum atomic E-state index is 13.3. The fourth-order valence-electron chi connectivity index (χ4n) is 4.18. The van der Waals surface area contributed by atoms with Crippen LogP contribution >= 0.6 is 11.3 Å². The summed E-state index contributed by atoms with van der Waals surface area (Å²) in [6, 6.07) is 7.42. The monoisotopic (exact) mass is 467 g/mol. The largest absolute Gasteiger partial charge is 0.497 e. The molecule has 0 aliphatic heterocycles. The molecular formula is C25H29N3O4S. The third-order valence-electron chi connectivity index (χ3n) is 5.89. The number of ether oxygens (including phenoxy) is 2. The van der Waals surface area contributed by atoms with Crippen molar-refractivity contribution < 1.29 is 19.1 Å². The number of hydrogen-bond acceptors (Lipinski definition) is 6. The molecule has 1 aromatic carbocycles. The van der Waals surface area contributed by atoms with Crippen molar-refractivity contribution in [3.63, 3.8) is 0 Å². The van der Waals surface area contributed by atoms with Gasteiger partial charge < -0.3 is 20.1 Å². The number of carbonyl (C=O) groups is 2. The van der Waals surface area contributed by atoms with Gasteiger partial charge in [-0.3, -0.25) is 14.6 Å². The summed E-state index contributed by atoms with van der Waals surface area (Å²) in [6.45, 7) is 2.94. The van der Waals surface area contributed by atoms with Gasteiger partial charge in [0, 0.05) is 30.5 Å². The molecule has 2 N–H and O–H groups in total. The molecule has 0 saturated carbocycles. The fourth-order valence-corrected chi connectivity index (χ4v) is 5.46. The van der Waals surface area contributed by atoms with Gasteiger partial charge in [-0.15, -0.1) is 11.3 Å². The Bertz CT molecular complexity index is 1190. The van der Waals surface area contributed by atoms with E-state index in [0.29, 0.717) is 40.7 Å². The second-order valence-corrected chi connectivity index (χ2v) is 9.26. The highest BCUT2D eigenvalue weighted by atomic mass is 32.1. The van der Waals surface area contributed by atoms with E-state index in [9.17, 15) is 9.59 Å². The molecule has 0 saturated heterocycles. The van der Waals surface area contributed by atoms with Gasteiger partial charge in [0.05, 0.1) is 29.4 Å². The van der Waals surface area contributed by atoms with Crippen LogP contribution in [0.25, 0.3) is 10.9 Å². The summed E-state index contributed by atoms with van der Waals surface area (Å²) in [5.74, 6) is 0.300. The zero-order valence-corrected chi connectivity index (χ0v) is 20.1. The molecule has 1 aliphatic carbocycles. The first-order valence-corrected chi connectivity index (χ1v) is 12.0. The lowest BCUT2D eigenvalue weighted by Gasteiger charge is -2.13. The van der Waals surface area contributed by atoms with E-state index in [2.05, 4.69) is 15.6 Å². The first-order valence-electron chi connectivity index (χ1n) is 11.2. The van der Waals surface area contributed by atoms with Crippen molar-refractivity contribution in [2.24, 2.45) is 0 Å². The molecule has 0 spiro atoms. The number of anilines is 1. The quantitative estimate of drug-likeness (QED) is 0.476. The van der Waals surface area contributed by atoms with Crippen molar-refractivity contribution in [1.29, 1.82) is 0 Å². The number of methoxy groups -OCH3 is 2. The van der Waals surface area contributed by atoms with E-state index < -0.39 is 0 Å². The lowest BCUT2D eigenvalue weighted by Crippen LogP contribution is -2.27. The highest BCUT2D eigenvalue weighted by molar-refractivity contribution is 7.17. The number of rotatable bonds is 8. The smallest absolute Gasteiger partial charge is 0.258 e. The number of nitrogens with zero attached hydrogens (tertiary/aromatic N) is 1. The van der Waals surface area contributed by atoms with E-state index in [1.54, 1.807) is 14.2 Å². The van der Waals surface area contributed by atoms with Crippen LogP contribution in [-0.2, 0) is 17.6 Å². The third-order valence-corrected chi connectivity index (χ3v) is 7.10. The molecule has 0 atom stereocenters. The molecule has 33 heavy (non-hydrogen) atoms. The summed E-state index contributed by atoms with van der Waals surface area (Å²) in [7, 11) is 3.25. The van der Waals surface area contributed by atoms with E-state index in [0.717, 1.165) is 48.6 Å². The van der Waals surface area contributed by atoms with Crippen LogP contribution in [0, 0.1) is 6.92 Å². The Morgan fingerprint density at radius 3 is 2.73 bits per heavy atom. The Morgan fingerprint density at radius 2 is 1.94 bits per heavy atom. The molecule has 0 bridgehead atoms. The Balaban J connectivity index is 1.63. The van der Waals surface area contributed by atoms with Crippen LogP contribution in [0.4, 0.5) is 5.00 Å². The van der Waals surface area contributed by atoms with Crippen LogP contribution in [0.1, 0.15) is 56.1 Å². The zero-order chi connectivity index (χ0) is 23.4. The van der Waals surface area contributed by atoms with Gasteiger partial charge in [-0.05, 0) is 68.9 Å². The third kappa shape index (κ3) is 5.02. The number of amides is 2. The number of hydrogen-bond donors (Lipinski definition) is 2. The lowest BCUT2D eigenvalue weighted by atomic mass is 9.95. The first kappa shape index (κ1) is 23.2. The number of thiophene rings is 1. The number of nitrogens with one attached hydrogen (secondary N) is 2. The predicted molar refractivity (Wildman–Crippen MR) is 131 cm³/mol. The van der Waals surface area contributed by atoms with Crippen LogP contribution in [0.15, 0.2) is 24.3 Å². The minimum atomic E-state index is -0.267. The van der Waals surface area contributed by atoms with Crippen molar-refractivity contribution in [1.82, 2.24) is 10.3 Å². The minimum Gasteiger partial charge on any atom is -0.497 e. The van der Waals surface area contributed by atoms with Gasteiger partial charge >= 0.3 is 0 Å². The van der Waals surface area contributed by atoms with Crippen molar-refractivity contribution in [3.05, 3.63) is 51.5 Å². The molecule has 0 unspecified atom stereocenters. The molecule has 0 radical (unpaired) electrons. The second-order valence-electron chi connectivity index (χ2n) is 8.15. The standard InChI is InChI=1S/C25H29N3O4S/c1-15-19(14-16-13-17(32-3)9-10-20(16)27-15)23(29)28-25-22(24(30)26-11-6-12-31-2)18-7-4-5-8-21(18)33-25/h9-10,13-14H,4-8,11-12H2,1-3H3,(H,26,30)(H,28,29). The van der Waals surface area contributed by atoms with Crippen LogP contribution in [0.2, 0.25) is 0 Å². The van der Waals surface area contributed by atoms with Crippen LogP contribution in [-0.4, -0.2) is 44.2 Å². The topological polar surface area (TPSA) is 89.6 Å². The summed E-state index contributed by atoms with van der Waals surface area (Å²) < 4.78 is 10.4. The van der Waals surface area contributed by atoms with E-state index in [-0.39, 0.29) is 11.8 Å². The number of pyridine rings is 1. The van der Waals surface area contributed by atoms with Gasteiger partial charge in [-0.25, -0.2) is 0 Å².